The number of nitrogens with zero attached hydrogens (tertiary/aromatic N) is 2. The predicted molar refractivity (Wildman–Crippen MR) is 113 cm³/mol. The van der Waals surface area contributed by atoms with Gasteiger partial charge in [-0.15, -0.1) is 0 Å². The molecule has 1 amide bonds. The molecule has 0 radical (unpaired) electrons. The van der Waals surface area contributed by atoms with Crippen LogP contribution in [0.5, 0.6) is 11.5 Å². The number of fused-ring (bicyclic) bond motifs is 2. The standard InChI is InChI=1S/C22H20FN3O4S/c1-2-12-26-21-20(8-5-11-24-21)30-19-10-9-16(13-17(19)22(26)27)31(28,29)25-14-15-6-3-4-7-18(15)23/h3-11,13,25H,2,12,14H2,1H3. The van der Waals surface area contributed by atoms with Crippen molar-refractivity contribution >= 4 is 21.7 Å². The fraction of sp³-hybridized carbons (Fsp3) is 0.182. The number of pyridine rings is 1. The second-order valence-corrected chi connectivity index (χ2v) is 8.72. The van der Waals surface area contributed by atoms with Crippen molar-refractivity contribution in [2.45, 2.75) is 24.8 Å². The molecule has 3 aromatic rings. The molecule has 0 saturated carbocycles. The van der Waals surface area contributed by atoms with E-state index in [2.05, 4.69) is 9.71 Å². The van der Waals surface area contributed by atoms with Gasteiger partial charge >= 0.3 is 0 Å². The van der Waals surface area contributed by atoms with Crippen molar-refractivity contribution in [1.29, 1.82) is 0 Å². The molecule has 0 atom stereocenters. The lowest BCUT2D eigenvalue weighted by Crippen LogP contribution is -2.32. The van der Waals surface area contributed by atoms with Crippen LogP contribution in [0.2, 0.25) is 0 Å². The highest BCUT2D eigenvalue weighted by Gasteiger charge is 2.30. The van der Waals surface area contributed by atoms with Gasteiger partial charge in [0.2, 0.25) is 10.0 Å². The normalized spacial score (nSPS) is 13.2. The molecule has 1 aliphatic rings. The van der Waals surface area contributed by atoms with Gasteiger partial charge in [-0.2, -0.15) is 0 Å². The van der Waals surface area contributed by atoms with Crippen LogP contribution in [-0.4, -0.2) is 25.9 Å². The Morgan fingerprint density at radius 1 is 1.10 bits per heavy atom. The number of sulfonamides is 1. The fourth-order valence-corrected chi connectivity index (χ4v) is 4.32. The van der Waals surface area contributed by atoms with E-state index in [-0.39, 0.29) is 28.3 Å². The zero-order valence-corrected chi connectivity index (χ0v) is 17.5. The summed E-state index contributed by atoms with van der Waals surface area (Å²) in [7, 11) is -4.00. The molecule has 0 aliphatic carbocycles. The number of ether oxygens (including phenoxy) is 1. The smallest absolute Gasteiger partial charge is 0.263 e. The van der Waals surface area contributed by atoms with Gasteiger partial charge in [0.1, 0.15) is 11.6 Å². The lowest BCUT2D eigenvalue weighted by Gasteiger charge is -2.20. The number of rotatable bonds is 6. The Bertz CT molecular complexity index is 1250. The van der Waals surface area contributed by atoms with Crippen molar-refractivity contribution in [1.82, 2.24) is 9.71 Å². The van der Waals surface area contributed by atoms with E-state index in [1.54, 1.807) is 24.4 Å². The van der Waals surface area contributed by atoms with Crippen molar-refractivity contribution in [3.8, 4) is 11.5 Å². The molecule has 0 spiro atoms. The lowest BCUT2D eigenvalue weighted by molar-refractivity contribution is 0.0986. The zero-order valence-electron chi connectivity index (χ0n) is 16.7. The van der Waals surface area contributed by atoms with E-state index in [4.69, 9.17) is 4.74 Å². The second-order valence-electron chi connectivity index (χ2n) is 6.96. The van der Waals surface area contributed by atoms with Crippen molar-refractivity contribution in [2.75, 3.05) is 11.4 Å². The molecule has 1 aliphatic heterocycles. The third-order valence-electron chi connectivity index (χ3n) is 4.82. The van der Waals surface area contributed by atoms with E-state index < -0.39 is 21.7 Å². The number of halogens is 1. The summed E-state index contributed by atoms with van der Waals surface area (Å²) in [6.07, 6.45) is 2.25. The van der Waals surface area contributed by atoms with E-state index in [0.717, 1.165) is 0 Å². The van der Waals surface area contributed by atoms with Gasteiger partial charge in [-0.25, -0.2) is 22.5 Å². The SMILES string of the molecule is CCCN1C(=O)c2cc(S(=O)(=O)NCc3ccccc3F)ccc2Oc2cccnc21. The van der Waals surface area contributed by atoms with Gasteiger partial charge in [0.25, 0.3) is 5.91 Å². The number of carbonyl (C=O) groups is 1. The maximum atomic E-state index is 13.8. The van der Waals surface area contributed by atoms with Gasteiger partial charge in [0.05, 0.1) is 10.5 Å². The number of nitrogens with one attached hydrogen (secondary N) is 1. The highest BCUT2D eigenvalue weighted by atomic mass is 32.2. The quantitative estimate of drug-likeness (QED) is 0.628. The summed E-state index contributed by atoms with van der Waals surface area (Å²) in [6.45, 7) is 2.11. The topological polar surface area (TPSA) is 88.6 Å². The van der Waals surface area contributed by atoms with Crippen LogP contribution in [0.15, 0.2) is 65.7 Å². The maximum Gasteiger partial charge on any atom is 0.263 e. The average molecular weight is 441 g/mol. The van der Waals surface area contributed by atoms with Gasteiger partial charge in [0, 0.05) is 24.8 Å². The highest BCUT2D eigenvalue weighted by molar-refractivity contribution is 7.89. The molecule has 0 fully saturated rings. The van der Waals surface area contributed by atoms with Crippen molar-refractivity contribution in [2.24, 2.45) is 0 Å². The number of carbonyl (C=O) groups excluding carboxylic acids is 1. The number of aromatic nitrogens is 1. The average Bonchev–Trinajstić information content (AvgIpc) is 2.88. The van der Waals surface area contributed by atoms with Crippen LogP contribution in [-0.2, 0) is 16.6 Å². The molecule has 1 aromatic heterocycles. The summed E-state index contributed by atoms with van der Waals surface area (Å²) in [5.41, 5.74) is 0.330. The Morgan fingerprint density at radius 3 is 2.68 bits per heavy atom. The fourth-order valence-electron chi connectivity index (χ4n) is 3.29. The van der Waals surface area contributed by atoms with Crippen LogP contribution in [0.1, 0.15) is 29.3 Å². The third kappa shape index (κ3) is 4.14. The van der Waals surface area contributed by atoms with E-state index in [0.29, 0.717) is 24.5 Å². The first kappa shape index (κ1) is 21.0. The number of benzene rings is 2. The molecule has 1 N–H and O–H groups in total. The lowest BCUT2D eigenvalue weighted by atomic mass is 10.1. The molecule has 9 heteroatoms. The Balaban J connectivity index is 1.68. The molecular formula is C22H20FN3O4S. The first-order valence-corrected chi connectivity index (χ1v) is 11.2. The molecule has 4 rings (SSSR count). The molecule has 31 heavy (non-hydrogen) atoms. The van der Waals surface area contributed by atoms with E-state index in [9.17, 15) is 17.6 Å². The third-order valence-corrected chi connectivity index (χ3v) is 6.22. The minimum Gasteiger partial charge on any atom is -0.453 e. The van der Waals surface area contributed by atoms with Crippen LogP contribution in [0, 0.1) is 5.82 Å². The van der Waals surface area contributed by atoms with Crippen LogP contribution >= 0.6 is 0 Å². The van der Waals surface area contributed by atoms with E-state index >= 15 is 0 Å². The number of hydrogen-bond acceptors (Lipinski definition) is 5. The van der Waals surface area contributed by atoms with Gasteiger partial charge in [-0.05, 0) is 42.8 Å². The van der Waals surface area contributed by atoms with Gasteiger partial charge in [-0.3, -0.25) is 9.69 Å². The number of amides is 1. The summed E-state index contributed by atoms with van der Waals surface area (Å²) in [4.78, 5) is 18.9. The molecule has 0 saturated heterocycles. The first-order valence-electron chi connectivity index (χ1n) is 9.72. The van der Waals surface area contributed by atoms with Crippen molar-refractivity contribution in [3.63, 3.8) is 0 Å². The monoisotopic (exact) mass is 441 g/mol. The van der Waals surface area contributed by atoms with Crippen molar-refractivity contribution < 1.29 is 22.3 Å². The Hall–Kier alpha value is -3.30. The molecule has 160 valence electrons. The van der Waals surface area contributed by atoms with E-state index in [1.807, 2.05) is 6.92 Å². The largest absolute Gasteiger partial charge is 0.453 e. The summed E-state index contributed by atoms with van der Waals surface area (Å²) in [5.74, 6) is 0.131. The van der Waals surface area contributed by atoms with Crippen molar-refractivity contribution in [3.05, 3.63) is 77.7 Å². The van der Waals surface area contributed by atoms with Crippen LogP contribution in [0.4, 0.5) is 10.2 Å². The number of hydrogen-bond donors (Lipinski definition) is 1. The summed E-state index contributed by atoms with van der Waals surface area (Å²) >= 11 is 0. The Kier molecular flexibility index (Phi) is 5.71. The van der Waals surface area contributed by atoms with Crippen LogP contribution < -0.4 is 14.4 Å². The Labute approximate surface area is 179 Å². The van der Waals surface area contributed by atoms with Crippen LogP contribution in [0.3, 0.4) is 0 Å². The molecular weight excluding hydrogens is 421 g/mol. The molecule has 0 unspecified atom stereocenters. The number of anilines is 1. The van der Waals surface area contributed by atoms with Gasteiger partial charge < -0.3 is 4.74 Å². The molecule has 7 nitrogen and oxygen atoms in total. The van der Waals surface area contributed by atoms with Gasteiger partial charge in [0.15, 0.2) is 11.6 Å². The highest BCUT2D eigenvalue weighted by Crippen LogP contribution is 2.38. The van der Waals surface area contributed by atoms with Crippen LogP contribution in [0.25, 0.3) is 0 Å². The first-order chi connectivity index (χ1) is 14.9. The second kappa shape index (κ2) is 8.44. The summed E-state index contributed by atoms with van der Waals surface area (Å²) in [5, 5.41) is 0. The maximum absolute atomic E-state index is 13.8. The predicted octanol–water partition coefficient (Wildman–Crippen LogP) is 3.86. The molecule has 2 aromatic carbocycles. The van der Waals surface area contributed by atoms with Gasteiger partial charge in [-0.1, -0.05) is 25.1 Å². The summed E-state index contributed by atoms with van der Waals surface area (Å²) in [6, 6.07) is 13.4. The zero-order chi connectivity index (χ0) is 22.0. The Morgan fingerprint density at radius 2 is 1.90 bits per heavy atom. The molecule has 0 bridgehead atoms. The minimum absolute atomic E-state index is 0.111. The van der Waals surface area contributed by atoms with E-state index in [1.165, 1.54) is 41.3 Å². The molecule has 2 heterocycles. The minimum atomic E-state index is -4.00. The summed E-state index contributed by atoms with van der Waals surface area (Å²) < 4.78 is 47.7.